The van der Waals surface area contributed by atoms with Crippen molar-refractivity contribution in [1.82, 2.24) is 30.1 Å². The Kier molecular flexibility index (Phi) is 4.89. The van der Waals surface area contributed by atoms with Crippen LogP contribution >= 0.6 is 0 Å². The van der Waals surface area contributed by atoms with Crippen LogP contribution in [-0.2, 0) is 4.79 Å². The van der Waals surface area contributed by atoms with Crippen LogP contribution in [0.15, 0.2) is 6.20 Å². The van der Waals surface area contributed by atoms with Gasteiger partial charge in [0.05, 0.1) is 12.2 Å². The number of carbonyl (C=O) groups is 2. The molecule has 0 saturated carbocycles. The summed E-state index contributed by atoms with van der Waals surface area (Å²) in [6.45, 7) is 4.24. The summed E-state index contributed by atoms with van der Waals surface area (Å²) < 4.78 is 1.71. The molecule has 0 unspecified atom stereocenters. The summed E-state index contributed by atoms with van der Waals surface area (Å²) in [5.74, 6) is -0.349. The molecule has 8 heteroatoms. The number of hydrogen-bond acceptors (Lipinski definition) is 5. The van der Waals surface area contributed by atoms with Crippen LogP contribution in [-0.4, -0.2) is 76.9 Å². The molecule has 0 atom stereocenters. The lowest BCUT2D eigenvalue weighted by atomic mass is 10.2. The van der Waals surface area contributed by atoms with Crippen LogP contribution in [0.2, 0.25) is 0 Å². The van der Waals surface area contributed by atoms with E-state index in [-0.39, 0.29) is 24.4 Å². The zero-order chi connectivity index (χ0) is 15.4. The van der Waals surface area contributed by atoms with E-state index < -0.39 is 0 Å². The van der Waals surface area contributed by atoms with Crippen LogP contribution in [0.5, 0.6) is 0 Å². The average molecular weight is 294 g/mol. The molecule has 2 amide bonds. The molecule has 1 saturated heterocycles. The minimum Gasteiger partial charge on any atom is -0.347 e. The Morgan fingerprint density at radius 1 is 1.43 bits per heavy atom. The van der Waals surface area contributed by atoms with Crippen molar-refractivity contribution in [3.8, 4) is 0 Å². The predicted molar refractivity (Wildman–Crippen MR) is 76.8 cm³/mol. The van der Waals surface area contributed by atoms with E-state index in [1.165, 1.54) is 9.80 Å². The van der Waals surface area contributed by atoms with E-state index in [0.29, 0.717) is 12.2 Å². The molecule has 1 N–H and O–H groups in total. The van der Waals surface area contributed by atoms with Crippen LogP contribution < -0.4 is 5.32 Å². The largest absolute Gasteiger partial charge is 0.347 e. The normalized spacial score (nSPS) is 14.6. The molecule has 0 bridgehead atoms. The molecular formula is C13H22N6O2. The van der Waals surface area contributed by atoms with Crippen molar-refractivity contribution >= 4 is 11.8 Å². The van der Waals surface area contributed by atoms with E-state index in [1.807, 2.05) is 6.92 Å². The summed E-state index contributed by atoms with van der Waals surface area (Å²) >= 11 is 0. The first-order valence-corrected chi connectivity index (χ1v) is 7.15. The Morgan fingerprint density at radius 2 is 2.14 bits per heavy atom. The van der Waals surface area contributed by atoms with Crippen molar-refractivity contribution in [2.75, 3.05) is 40.3 Å². The van der Waals surface area contributed by atoms with Crippen LogP contribution in [0.3, 0.4) is 0 Å². The van der Waals surface area contributed by atoms with Gasteiger partial charge in [0.2, 0.25) is 5.91 Å². The minimum absolute atomic E-state index is 0.0670. The molecule has 2 heterocycles. The molecule has 0 radical (unpaired) electrons. The monoisotopic (exact) mass is 294 g/mol. The molecule has 21 heavy (non-hydrogen) atoms. The van der Waals surface area contributed by atoms with Crippen molar-refractivity contribution in [2.24, 2.45) is 0 Å². The number of nitrogens with one attached hydrogen (secondary N) is 1. The second-order valence-electron chi connectivity index (χ2n) is 5.41. The van der Waals surface area contributed by atoms with Crippen molar-refractivity contribution in [1.29, 1.82) is 0 Å². The zero-order valence-corrected chi connectivity index (χ0v) is 12.7. The van der Waals surface area contributed by atoms with Crippen LogP contribution in [0.25, 0.3) is 0 Å². The van der Waals surface area contributed by atoms with Crippen molar-refractivity contribution in [3.05, 3.63) is 11.9 Å². The molecule has 1 aliphatic rings. The number of carbonyl (C=O) groups excluding carboxylic acids is 2. The summed E-state index contributed by atoms with van der Waals surface area (Å²) in [5.41, 5.74) is 0.293. The molecule has 1 aromatic heterocycles. The Bertz CT molecular complexity index is 509. The number of nitrogens with zero attached hydrogens (tertiary/aromatic N) is 5. The molecular weight excluding hydrogens is 272 g/mol. The van der Waals surface area contributed by atoms with Crippen molar-refractivity contribution < 1.29 is 9.59 Å². The first-order valence-electron chi connectivity index (χ1n) is 7.15. The molecule has 0 aliphatic carbocycles. The number of amides is 2. The van der Waals surface area contributed by atoms with Crippen LogP contribution in [0, 0.1) is 0 Å². The van der Waals surface area contributed by atoms with Gasteiger partial charge in [-0.25, -0.2) is 4.68 Å². The Labute approximate surface area is 124 Å². The number of hydrogen-bond donors (Lipinski definition) is 1. The second-order valence-corrected chi connectivity index (χ2v) is 5.41. The highest BCUT2D eigenvalue weighted by Gasteiger charge is 2.25. The summed E-state index contributed by atoms with van der Waals surface area (Å²) in [4.78, 5) is 27.3. The third-order valence-corrected chi connectivity index (χ3v) is 3.47. The third kappa shape index (κ3) is 3.57. The van der Waals surface area contributed by atoms with Crippen molar-refractivity contribution in [2.45, 2.75) is 19.4 Å². The molecule has 8 nitrogen and oxygen atoms in total. The van der Waals surface area contributed by atoms with Crippen LogP contribution in [0.4, 0.5) is 0 Å². The topological polar surface area (TPSA) is 83.4 Å². The fourth-order valence-corrected chi connectivity index (χ4v) is 2.00. The third-order valence-electron chi connectivity index (χ3n) is 3.47. The van der Waals surface area contributed by atoms with Crippen LogP contribution in [0.1, 0.15) is 29.9 Å². The van der Waals surface area contributed by atoms with Gasteiger partial charge in [-0.1, -0.05) is 12.1 Å². The fourth-order valence-electron chi connectivity index (χ4n) is 2.00. The number of aromatic nitrogens is 3. The van der Waals surface area contributed by atoms with E-state index in [9.17, 15) is 9.59 Å². The predicted octanol–water partition coefficient (Wildman–Crippen LogP) is -0.637. The van der Waals surface area contributed by atoms with Gasteiger partial charge in [-0.05, 0) is 6.42 Å². The minimum atomic E-state index is -0.245. The van der Waals surface area contributed by atoms with Crippen molar-refractivity contribution in [3.63, 3.8) is 0 Å². The highest BCUT2D eigenvalue weighted by atomic mass is 16.2. The van der Waals surface area contributed by atoms with Gasteiger partial charge in [0.25, 0.3) is 5.91 Å². The van der Waals surface area contributed by atoms with Gasteiger partial charge >= 0.3 is 0 Å². The smallest absolute Gasteiger partial charge is 0.276 e. The lowest BCUT2D eigenvalue weighted by Gasteiger charge is -2.26. The maximum atomic E-state index is 12.5. The van der Waals surface area contributed by atoms with E-state index in [2.05, 4.69) is 15.6 Å². The molecule has 116 valence electrons. The second kappa shape index (κ2) is 6.66. The van der Waals surface area contributed by atoms with E-state index in [0.717, 1.165) is 19.5 Å². The van der Waals surface area contributed by atoms with E-state index in [1.54, 1.807) is 25.0 Å². The van der Waals surface area contributed by atoms with Gasteiger partial charge < -0.3 is 15.1 Å². The first-order chi connectivity index (χ1) is 10.0. The molecule has 0 aromatic carbocycles. The van der Waals surface area contributed by atoms with Gasteiger partial charge in [-0.3, -0.25) is 9.59 Å². The average Bonchev–Trinajstić information content (AvgIpc) is 2.84. The highest BCUT2D eigenvalue weighted by Crippen LogP contribution is 2.11. The maximum absolute atomic E-state index is 12.5. The Balaban J connectivity index is 2.06. The van der Waals surface area contributed by atoms with E-state index >= 15 is 0 Å². The fraction of sp³-hybridized carbons (Fsp3) is 0.692. The summed E-state index contributed by atoms with van der Waals surface area (Å²) in [6, 6.07) is 0.266. The van der Waals surface area contributed by atoms with Gasteiger partial charge in [0, 0.05) is 33.7 Å². The van der Waals surface area contributed by atoms with Gasteiger partial charge in [-0.15, -0.1) is 5.10 Å². The number of rotatable bonds is 6. The number of likely N-dealkylation sites (N-methyl/N-ethyl adjacent to an activating group) is 1. The SMILES string of the molecule is CCCN(CC(=O)N(C)C)C(=O)c1cn(C2CNC2)nn1. The molecule has 2 rings (SSSR count). The van der Waals surface area contributed by atoms with Gasteiger partial charge in [0.1, 0.15) is 6.54 Å². The lowest BCUT2D eigenvalue weighted by molar-refractivity contribution is -0.129. The first kappa shape index (κ1) is 15.4. The molecule has 1 aromatic rings. The molecule has 0 spiro atoms. The van der Waals surface area contributed by atoms with Gasteiger partial charge in [0.15, 0.2) is 5.69 Å². The zero-order valence-electron chi connectivity index (χ0n) is 12.7. The lowest BCUT2D eigenvalue weighted by Crippen LogP contribution is -2.43. The molecule has 1 aliphatic heterocycles. The maximum Gasteiger partial charge on any atom is 0.276 e. The highest BCUT2D eigenvalue weighted by molar-refractivity contribution is 5.94. The summed E-state index contributed by atoms with van der Waals surface area (Å²) in [6.07, 6.45) is 2.45. The molecule has 1 fully saturated rings. The quantitative estimate of drug-likeness (QED) is 0.755. The Morgan fingerprint density at radius 3 is 2.67 bits per heavy atom. The summed E-state index contributed by atoms with van der Waals surface area (Å²) in [5, 5.41) is 11.1. The van der Waals surface area contributed by atoms with E-state index in [4.69, 9.17) is 0 Å². The van der Waals surface area contributed by atoms with Gasteiger partial charge in [-0.2, -0.15) is 0 Å². The summed E-state index contributed by atoms with van der Waals surface area (Å²) in [7, 11) is 3.35. The Hall–Kier alpha value is -1.96. The standard InChI is InChI=1S/C13H22N6O2/c1-4-5-18(9-12(20)17(2)3)13(21)11-8-19(16-15-11)10-6-14-7-10/h8,10,14H,4-7,9H2,1-3H3.